The minimum Gasteiger partial charge on any atom is -0.408 e. The van der Waals surface area contributed by atoms with Crippen LogP contribution in [0.2, 0.25) is 0 Å². The molecule has 80 valence electrons. The Morgan fingerprint density at radius 1 is 1.47 bits per heavy atom. The number of hydrogen-bond donors (Lipinski definition) is 2. The molecule has 0 saturated heterocycles. The monoisotopic (exact) mass is 229 g/mol. The van der Waals surface area contributed by atoms with Crippen molar-refractivity contribution in [3.05, 3.63) is 18.2 Å². The van der Waals surface area contributed by atoms with E-state index >= 15 is 0 Å². The van der Waals surface area contributed by atoms with Gasteiger partial charge in [0.05, 0.1) is 6.20 Å². The van der Waals surface area contributed by atoms with Gasteiger partial charge in [0.15, 0.2) is 5.03 Å². The maximum Gasteiger partial charge on any atom is 0.329 e. The highest BCUT2D eigenvalue weighted by Crippen LogP contribution is 2.11. The van der Waals surface area contributed by atoms with Gasteiger partial charge < -0.3 is 4.42 Å². The van der Waals surface area contributed by atoms with Crippen molar-refractivity contribution >= 4 is 16.0 Å². The minimum absolute atomic E-state index is 0.0710. The van der Waals surface area contributed by atoms with E-state index in [1.165, 1.54) is 12.3 Å². The summed E-state index contributed by atoms with van der Waals surface area (Å²) in [7, 11) is -3.72. The molecular weight excluding hydrogens is 222 g/mol. The summed E-state index contributed by atoms with van der Waals surface area (Å²) in [5.41, 5.74) is 0. The van der Waals surface area contributed by atoms with E-state index in [2.05, 4.69) is 25.1 Å². The maximum absolute atomic E-state index is 11.6. The molecule has 15 heavy (non-hydrogen) atoms. The van der Waals surface area contributed by atoms with Gasteiger partial charge in [-0.15, -0.1) is 5.10 Å². The Hall–Kier alpha value is -1.90. The first-order valence-electron chi connectivity index (χ1n) is 3.90. The summed E-state index contributed by atoms with van der Waals surface area (Å²) in [6.45, 7) is 1.56. The molecule has 0 aliphatic rings. The lowest BCUT2D eigenvalue weighted by Gasteiger charge is -1.99. The van der Waals surface area contributed by atoms with Crippen LogP contribution >= 0.6 is 0 Å². The Morgan fingerprint density at radius 3 is 2.80 bits per heavy atom. The molecule has 0 aliphatic heterocycles. The second-order valence-corrected chi connectivity index (χ2v) is 4.30. The number of aromatic amines is 1. The van der Waals surface area contributed by atoms with Crippen molar-refractivity contribution in [1.29, 1.82) is 0 Å². The number of nitrogens with zero attached hydrogens (tertiary/aromatic N) is 3. The standard InChI is InChI=1S/C6H7N5O3S/c1-4-8-10-6(14-4)11-15(12,13)5-2-3-7-9-5/h2-3H,1H3,(H,7,9)(H,10,11). The summed E-state index contributed by atoms with van der Waals surface area (Å²) in [6, 6.07) is 1.13. The van der Waals surface area contributed by atoms with Gasteiger partial charge in [0.1, 0.15) is 0 Å². The zero-order valence-corrected chi connectivity index (χ0v) is 8.45. The van der Waals surface area contributed by atoms with E-state index in [0.29, 0.717) is 0 Å². The first-order valence-corrected chi connectivity index (χ1v) is 5.38. The molecule has 0 radical (unpaired) electrons. The van der Waals surface area contributed by atoms with Gasteiger partial charge >= 0.3 is 6.01 Å². The predicted octanol–water partition coefficient (Wildman–Crippen LogP) is -0.0981. The Labute approximate surface area is 84.8 Å². The number of anilines is 1. The fourth-order valence-electron chi connectivity index (χ4n) is 0.901. The van der Waals surface area contributed by atoms with Gasteiger partial charge in [0, 0.05) is 6.92 Å². The van der Waals surface area contributed by atoms with Crippen LogP contribution in [0.1, 0.15) is 5.89 Å². The summed E-state index contributed by atoms with van der Waals surface area (Å²) in [6.07, 6.45) is 1.33. The molecule has 8 nitrogen and oxygen atoms in total. The molecule has 0 saturated carbocycles. The van der Waals surface area contributed by atoms with E-state index in [4.69, 9.17) is 4.42 Å². The molecule has 2 rings (SSSR count). The maximum atomic E-state index is 11.6. The quantitative estimate of drug-likeness (QED) is 0.759. The molecule has 0 amide bonds. The summed E-state index contributed by atoms with van der Waals surface area (Å²) in [5, 5.41) is 12.7. The van der Waals surface area contributed by atoms with Crippen LogP contribution in [0, 0.1) is 6.92 Å². The molecule has 2 heterocycles. The van der Waals surface area contributed by atoms with Crippen molar-refractivity contribution in [2.24, 2.45) is 0 Å². The van der Waals surface area contributed by atoms with Crippen LogP contribution in [0.4, 0.5) is 6.01 Å². The van der Waals surface area contributed by atoms with Crippen molar-refractivity contribution in [1.82, 2.24) is 20.4 Å². The second kappa shape index (κ2) is 3.35. The van der Waals surface area contributed by atoms with Crippen LogP contribution in [0.15, 0.2) is 21.7 Å². The molecule has 2 aromatic heterocycles. The normalized spacial score (nSPS) is 11.5. The van der Waals surface area contributed by atoms with Crippen molar-refractivity contribution in [2.75, 3.05) is 4.72 Å². The lowest BCUT2D eigenvalue weighted by atomic mass is 10.8. The summed E-state index contributed by atoms with van der Waals surface area (Å²) in [5.74, 6) is 0.275. The predicted molar refractivity (Wildman–Crippen MR) is 48.4 cm³/mol. The number of rotatable bonds is 3. The van der Waals surface area contributed by atoms with E-state index < -0.39 is 10.0 Å². The molecule has 2 aromatic rings. The molecule has 0 fully saturated rings. The average Bonchev–Trinajstić information content (AvgIpc) is 2.75. The number of nitrogens with one attached hydrogen (secondary N) is 2. The molecule has 0 aromatic carbocycles. The van der Waals surface area contributed by atoms with Crippen molar-refractivity contribution in [3.8, 4) is 0 Å². The molecule has 0 unspecified atom stereocenters. The van der Waals surface area contributed by atoms with Crippen LogP contribution in [-0.4, -0.2) is 28.8 Å². The Kier molecular flexibility index (Phi) is 2.15. The first kappa shape index (κ1) is 9.65. The number of hydrogen-bond acceptors (Lipinski definition) is 6. The lowest BCUT2D eigenvalue weighted by molar-refractivity contribution is 0.534. The highest BCUT2D eigenvalue weighted by Gasteiger charge is 2.18. The summed E-state index contributed by atoms with van der Waals surface area (Å²) in [4.78, 5) is 0. The third-order valence-electron chi connectivity index (χ3n) is 1.51. The van der Waals surface area contributed by atoms with Gasteiger partial charge in [-0.1, -0.05) is 5.10 Å². The first-order chi connectivity index (χ1) is 7.08. The highest BCUT2D eigenvalue weighted by atomic mass is 32.2. The number of aromatic nitrogens is 4. The summed E-state index contributed by atoms with van der Waals surface area (Å²) >= 11 is 0. The zero-order valence-electron chi connectivity index (χ0n) is 7.63. The van der Waals surface area contributed by atoms with E-state index in [1.54, 1.807) is 6.92 Å². The summed E-state index contributed by atoms with van der Waals surface area (Å²) < 4.78 is 30.1. The molecular formula is C6H7N5O3S. The third kappa shape index (κ3) is 1.96. The third-order valence-corrected chi connectivity index (χ3v) is 2.76. The van der Waals surface area contributed by atoms with Gasteiger partial charge in [0.2, 0.25) is 5.89 Å². The van der Waals surface area contributed by atoms with Gasteiger partial charge in [-0.3, -0.25) is 5.10 Å². The molecule has 0 spiro atoms. The smallest absolute Gasteiger partial charge is 0.329 e. The van der Waals surface area contributed by atoms with Crippen molar-refractivity contribution in [2.45, 2.75) is 11.9 Å². The van der Waals surface area contributed by atoms with Crippen LogP contribution < -0.4 is 4.72 Å². The van der Waals surface area contributed by atoms with Crippen molar-refractivity contribution in [3.63, 3.8) is 0 Å². The van der Waals surface area contributed by atoms with Gasteiger partial charge in [-0.05, 0) is 6.07 Å². The SMILES string of the molecule is Cc1nnc(NS(=O)(=O)c2ccn[nH]2)o1. The number of sulfonamides is 1. The molecule has 2 N–H and O–H groups in total. The molecule has 9 heteroatoms. The average molecular weight is 229 g/mol. The Balaban J connectivity index is 2.26. The van der Waals surface area contributed by atoms with E-state index in [0.717, 1.165) is 0 Å². The van der Waals surface area contributed by atoms with Crippen molar-refractivity contribution < 1.29 is 12.8 Å². The second-order valence-electron chi connectivity index (χ2n) is 2.65. The number of aryl methyl sites for hydroxylation is 1. The van der Waals surface area contributed by atoms with E-state index in [1.807, 2.05) is 0 Å². The van der Waals surface area contributed by atoms with E-state index in [-0.39, 0.29) is 16.9 Å². The minimum atomic E-state index is -3.72. The van der Waals surface area contributed by atoms with Crippen LogP contribution in [0.3, 0.4) is 0 Å². The fourth-order valence-corrected chi connectivity index (χ4v) is 1.74. The Morgan fingerprint density at radius 2 is 2.27 bits per heavy atom. The van der Waals surface area contributed by atoms with Gasteiger partial charge in [0.25, 0.3) is 10.0 Å². The molecule has 0 aliphatic carbocycles. The van der Waals surface area contributed by atoms with E-state index in [9.17, 15) is 8.42 Å². The fraction of sp³-hybridized carbons (Fsp3) is 0.167. The van der Waals surface area contributed by atoms with Gasteiger partial charge in [-0.2, -0.15) is 13.5 Å². The van der Waals surface area contributed by atoms with Crippen LogP contribution in [0.25, 0.3) is 0 Å². The highest BCUT2D eigenvalue weighted by molar-refractivity contribution is 7.92. The van der Waals surface area contributed by atoms with Crippen LogP contribution in [-0.2, 0) is 10.0 Å². The lowest BCUT2D eigenvalue weighted by Crippen LogP contribution is -2.13. The Bertz CT molecular complexity index is 543. The zero-order chi connectivity index (χ0) is 10.9. The molecule has 0 bridgehead atoms. The van der Waals surface area contributed by atoms with Gasteiger partial charge in [-0.25, -0.2) is 4.72 Å². The topological polar surface area (TPSA) is 114 Å². The van der Waals surface area contributed by atoms with Crippen LogP contribution in [0.5, 0.6) is 0 Å². The number of H-pyrrole nitrogens is 1. The molecule has 0 atom stereocenters. The largest absolute Gasteiger partial charge is 0.408 e.